The van der Waals surface area contributed by atoms with E-state index in [-0.39, 0.29) is 12.4 Å². The molecule has 46 valence electrons. The van der Waals surface area contributed by atoms with Gasteiger partial charge in [0.25, 0.3) is 0 Å². The number of terminal acetylenes is 1. The van der Waals surface area contributed by atoms with Gasteiger partial charge in [-0.2, -0.15) is 0 Å². The molecule has 1 aliphatic carbocycles. The van der Waals surface area contributed by atoms with Gasteiger partial charge in [-0.15, -0.1) is 18.8 Å². The number of halogens is 1. The van der Waals surface area contributed by atoms with Gasteiger partial charge in [-0.25, -0.2) is 0 Å². The number of hydrogen-bond acceptors (Lipinski definition) is 1. The summed E-state index contributed by atoms with van der Waals surface area (Å²) in [6, 6.07) is 0.760. The average Bonchev–Trinajstić information content (AvgIpc) is 2.42. The summed E-state index contributed by atoms with van der Waals surface area (Å²) in [6.45, 7) is 0.741. The van der Waals surface area contributed by atoms with E-state index in [0.29, 0.717) is 0 Å². The van der Waals surface area contributed by atoms with Crippen LogP contribution in [0.1, 0.15) is 12.8 Å². The molecule has 1 fully saturated rings. The topological polar surface area (TPSA) is 12.0 Å². The summed E-state index contributed by atoms with van der Waals surface area (Å²) in [4.78, 5) is 0. The van der Waals surface area contributed by atoms with E-state index in [0.717, 1.165) is 12.6 Å². The molecule has 1 rings (SSSR count). The predicted molar refractivity (Wildman–Crippen MR) is 37.1 cm³/mol. The molecule has 0 unspecified atom stereocenters. The van der Waals surface area contributed by atoms with Gasteiger partial charge in [-0.05, 0) is 12.8 Å². The van der Waals surface area contributed by atoms with Crippen molar-refractivity contribution in [3.8, 4) is 12.3 Å². The van der Waals surface area contributed by atoms with Gasteiger partial charge in [0.2, 0.25) is 0 Å². The Hall–Kier alpha value is -0.190. The van der Waals surface area contributed by atoms with E-state index < -0.39 is 0 Å². The van der Waals surface area contributed by atoms with Crippen LogP contribution in [0, 0.1) is 12.3 Å². The first-order valence-electron chi connectivity index (χ1n) is 2.60. The van der Waals surface area contributed by atoms with Crippen LogP contribution in [0.5, 0.6) is 0 Å². The normalized spacial score (nSPS) is 16.4. The summed E-state index contributed by atoms with van der Waals surface area (Å²) >= 11 is 0. The number of hydrogen-bond donors (Lipinski definition) is 1. The van der Waals surface area contributed by atoms with Crippen LogP contribution in [0.4, 0.5) is 0 Å². The third kappa shape index (κ3) is 2.90. The zero-order valence-electron chi connectivity index (χ0n) is 4.68. The van der Waals surface area contributed by atoms with Crippen LogP contribution >= 0.6 is 12.4 Å². The lowest BCUT2D eigenvalue weighted by Crippen LogP contribution is -2.15. The molecule has 0 aromatic rings. The third-order valence-electron chi connectivity index (χ3n) is 1.07. The fourth-order valence-electron chi connectivity index (χ4n) is 0.491. The third-order valence-corrected chi connectivity index (χ3v) is 1.07. The zero-order chi connectivity index (χ0) is 5.11. The van der Waals surface area contributed by atoms with Crippen LogP contribution in [-0.4, -0.2) is 12.6 Å². The van der Waals surface area contributed by atoms with E-state index in [4.69, 9.17) is 6.42 Å². The van der Waals surface area contributed by atoms with Crippen molar-refractivity contribution in [2.75, 3.05) is 6.54 Å². The lowest BCUT2D eigenvalue weighted by molar-refractivity contribution is 0.764. The molecular weight excluding hydrogens is 122 g/mol. The first kappa shape index (κ1) is 7.81. The molecule has 1 nitrogen and oxygen atoms in total. The Bertz CT molecular complexity index is 91.2. The summed E-state index contributed by atoms with van der Waals surface area (Å²) in [5.74, 6) is 2.53. The second kappa shape index (κ2) is 3.77. The summed E-state index contributed by atoms with van der Waals surface area (Å²) < 4.78 is 0. The minimum atomic E-state index is 0. The van der Waals surface area contributed by atoms with Crippen molar-refractivity contribution in [1.29, 1.82) is 0 Å². The van der Waals surface area contributed by atoms with Crippen LogP contribution in [0.15, 0.2) is 0 Å². The molecule has 0 bridgehead atoms. The van der Waals surface area contributed by atoms with E-state index in [2.05, 4.69) is 11.2 Å². The minimum Gasteiger partial charge on any atom is -0.303 e. The van der Waals surface area contributed by atoms with Crippen LogP contribution in [0.2, 0.25) is 0 Å². The molecule has 1 aliphatic rings. The Balaban J connectivity index is 0.000000490. The largest absolute Gasteiger partial charge is 0.303 e. The molecule has 0 spiro atoms. The fourth-order valence-corrected chi connectivity index (χ4v) is 0.491. The Labute approximate surface area is 56.3 Å². The van der Waals surface area contributed by atoms with E-state index in [9.17, 15) is 0 Å². The monoisotopic (exact) mass is 131 g/mol. The van der Waals surface area contributed by atoms with Crippen molar-refractivity contribution >= 4 is 12.4 Å². The van der Waals surface area contributed by atoms with Gasteiger partial charge in [0.05, 0.1) is 6.54 Å². The van der Waals surface area contributed by atoms with Gasteiger partial charge in [0.15, 0.2) is 0 Å². The van der Waals surface area contributed by atoms with Crippen molar-refractivity contribution in [1.82, 2.24) is 5.32 Å². The zero-order valence-corrected chi connectivity index (χ0v) is 5.50. The fraction of sp³-hybridized carbons (Fsp3) is 0.667. The van der Waals surface area contributed by atoms with E-state index in [1.807, 2.05) is 0 Å². The maximum absolute atomic E-state index is 4.99. The van der Waals surface area contributed by atoms with Crippen molar-refractivity contribution in [3.63, 3.8) is 0 Å². The van der Waals surface area contributed by atoms with Crippen LogP contribution in [0.3, 0.4) is 0 Å². The molecule has 0 aromatic heterocycles. The molecule has 1 N–H and O–H groups in total. The van der Waals surface area contributed by atoms with Gasteiger partial charge < -0.3 is 5.32 Å². The van der Waals surface area contributed by atoms with Crippen molar-refractivity contribution < 1.29 is 0 Å². The first-order valence-corrected chi connectivity index (χ1v) is 2.60. The van der Waals surface area contributed by atoms with Gasteiger partial charge in [0.1, 0.15) is 0 Å². The molecule has 0 radical (unpaired) electrons. The number of rotatable bonds is 2. The molecule has 8 heavy (non-hydrogen) atoms. The summed E-state index contributed by atoms with van der Waals surface area (Å²) in [7, 11) is 0. The Morgan fingerprint density at radius 1 is 1.62 bits per heavy atom. The van der Waals surface area contributed by atoms with E-state index in [1.54, 1.807) is 0 Å². The van der Waals surface area contributed by atoms with Crippen molar-refractivity contribution in [2.24, 2.45) is 0 Å². The van der Waals surface area contributed by atoms with Crippen molar-refractivity contribution in [2.45, 2.75) is 18.9 Å². The minimum absolute atomic E-state index is 0. The molecule has 0 amide bonds. The van der Waals surface area contributed by atoms with E-state index in [1.165, 1.54) is 12.8 Å². The molecule has 2 heteroatoms. The quantitative estimate of drug-likeness (QED) is 0.547. The lowest BCUT2D eigenvalue weighted by atomic mass is 10.6. The molecule has 0 atom stereocenters. The highest BCUT2D eigenvalue weighted by Gasteiger charge is 2.18. The first-order chi connectivity index (χ1) is 3.43. The van der Waals surface area contributed by atoms with Crippen molar-refractivity contribution in [3.05, 3.63) is 0 Å². The summed E-state index contributed by atoms with van der Waals surface area (Å²) in [5.41, 5.74) is 0. The highest BCUT2D eigenvalue weighted by Crippen LogP contribution is 2.17. The predicted octanol–water partition coefficient (Wildman–Crippen LogP) is 0.793. The average molecular weight is 132 g/mol. The van der Waals surface area contributed by atoms with Gasteiger partial charge in [-0.3, -0.25) is 0 Å². The van der Waals surface area contributed by atoms with E-state index >= 15 is 0 Å². The Morgan fingerprint density at radius 2 is 2.25 bits per heavy atom. The standard InChI is InChI=1S/C6H9N.ClH/c1-2-5-7-6-3-4-6;/h1,6-7H,3-5H2;1H. The molecule has 0 aliphatic heterocycles. The second-order valence-corrected chi connectivity index (χ2v) is 1.86. The molecule has 0 saturated heterocycles. The molecule has 1 saturated carbocycles. The second-order valence-electron chi connectivity index (χ2n) is 1.86. The van der Waals surface area contributed by atoms with Crippen LogP contribution in [0.25, 0.3) is 0 Å². The molecule has 0 aromatic carbocycles. The SMILES string of the molecule is C#CCNC1CC1.Cl. The highest BCUT2D eigenvalue weighted by atomic mass is 35.5. The van der Waals surface area contributed by atoms with Gasteiger partial charge in [-0.1, -0.05) is 5.92 Å². The summed E-state index contributed by atoms with van der Waals surface area (Å²) in [5, 5.41) is 3.17. The maximum Gasteiger partial charge on any atom is 0.0575 e. The Morgan fingerprint density at radius 3 is 2.62 bits per heavy atom. The Kier molecular flexibility index (Phi) is 3.68. The molecular formula is C6H10ClN. The number of nitrogens with one attached hydrogen (secondary N) is 1. The van der Waals surface area contributed by atoms with Crippen LogP contribution in [-0.2, 0) is 0 Å². The molecule has 0 heterocycles. The summed E-state index contributed by atoms with van der Waals surface area (Å²) in [6.07, 6.45) is 7.63. The van der Waals surface area contributed by atoms with Gasteiger partial charge in [0, 0.05) is 6.04 Å². The lowest BCUT2D eigenvalue weighted by Gasteiger charge is -1.89. The van der Waals surface area contributed by atoms with Gasteiger partial charge >= 0.3 is 0 Å². The highest BCUT2D eigenvalue weighted by molar-refractivity contribution is 5.85. The van der Waals surface area contributed by atoms with Crippen LogP contribution < -0.4 is 5.32 Å². The smallest absolute Gasteiger partial charge is 0.0575 e. The maximum atomic E-state index is 4.99.